The second kappa shape index (κ2) is 6.91. The Morgan fingerprint density at radius 1 is 1.06 bits per heavy atom. The summed E-state index contributed by atoms with van der Waals surface area (Å²) in [6.07, 6.45) is 0.626. The third kappa shape index (κ3) is 2.77. The zero-order valence-electron chi connectivity index (χ0n) is 19.7. The minimum absolute atomic E-state index is 0.137. The third-order valence-corrected chi connectivity index (χ3v) is 7.40. The highest BCUT2D eigenvalue weighted by Gasteiger charge is 2.63. The number of carbonyl (C=O) groups excluding carboxylic acids is 3. The van der Waals surface area contributed by atoms with E-state index in [-0.39, 0.29) is 35.3 Å². The molecule has 3 atom stereocenters. The Morgan fingerprint density at radius 2 is 1.79 bits per heavy atom. The summed E-state index contributed by atoms with van der Waals surface area (Å²) in [5.41, 5.74) is 1.77. The molecule has 0 N–H and O–H groups in total. The number of piperazine rings is 1. The van der Waals surface area contributed by atoms with E-state index in [1.807, 2.05) is 48.5 Å². The number of rotatable bonds is 2. The van der Waals surface area contributed by atoms with Crippen molar-refractivity contribution in [1.82, 2.24) is 19.6 Å². The molecule has 174 valence electrons. The van der Waals surface area contributed by atoms with E-state index in [2.05, 4.69) is 25.9 Å². The molecule has 1 unspecified atom stereocenters. The average Bonchev–Trinajstić information content (AvgIpc) is 3.55. The number of imide groups is 1. The number of aryl methyl sites for hydroxylation is 1. The van der Waals surface area contributed by atoms with Gasteiger partial charge in [0.05, 0.1) is 23.5 Å². The van der Waals surface area contributed by atoms with Crippen LogP contribution in [-0.4, -0.2) is 62.1 Å². The number of fused-ring (bicyclic) bond motifs is 6. The minimum atomic E-state index is -0.649. The van der Waals surface area contributed by atoms with Gasteiger partial charge >= 0.3 is 6.03 Å². The van der Waals surface area contributed by atoms with Gasteiger partial charge in [-0.25, -0.2) is 9.69 Å². The molecule has 3 aromatic rings. The van der Waals surface area contributed by atoms with Crippen molar-refractivity contribution in [3.63, 3.8) is 0 Å². The summed E-state index contributed by atoms with van der Waals surface area (Å²) >= 11 is 0. The minimum Gasteiger partial charge on any atom is -0.330 e. The summed E-state index contributed by atoms with van der Waals surface area (Å²) < 4.78 is 1.62. The third-order valence-electron chi connectivity index (χ3n) is 7.40. The van der Waals surface area contributed by atoms with E-state index in [0.29, 0.717) is 24.3 Å². The van der Waals surface area contributed by atoms with Crippen LogP contribution < -0.4 is 4.90 Å². The Labute approximate surface area is 197 Å². The lowest BCUT2D eigenvalue weighted by atomic mass is 9.92. The van der Waals surface area contributed by atoms with Crippen molar-refractivity contribution in [2.45, 2.75) is 50.7 Å². The lowest BCUT2D eigenvalue weighted by Gasteiger charge is -2.34. The molecule has 3 fully saturated rings. The maximum atomic E-state index is 13.6. The van der Waals surface area contributed by atoms with E-state index in [1.54, 1.807) is 21.5 Å². The summed E-state index contributed by atoms with van der Waals surface area (Å²) in [6.45, 7) is 6.61. The first-order valence-electron chi connectivity index (χ1n) is 11.7. The predicted octanol–water partition coefficient (Wildman–Crippen LogP) is 3.30. The van der Waals surface area contributed by atoms with Crippen LogP contribution in [0.25, 0.3) is 10.8 Å². The molecule has 0 radical (unpaired) electrons. The second-order valence-electron chi connectivity index (χ2n) is 10.5. The van der Waals surface area contributed by atoms with Crippen LogP contribution in [-0.2, 0) is 17.3 Å². The van der Waals surface area contributed by atoms with Crippen molar-refractivity contribution in [2.75, 3.05) is 11.4 Å². The highest BCUT2D eigenvalue weighted by molar-refractivity contribution is 6.25. The van der Waals surface area contributed by atoms with Gasteiger partial charge in [-0.2, -0.15) is 5.10 Å². The van der Waals surface area contributed by atoms with Crippen LogP contribution in [0.3, 0.4) is 0 Å². The van der Waals surface area contributed by atoms with Crippen molar-refractivity contribution < 1.29 is 14.4 Å². The summed E-state index contributed by atoms with van der Waals surface area (Å²) in [5, 5.41) is 6.37. The monoisotopic (exact) mass is 457 g/mol. The standard InChI is InChI=1S/C26H27N5O3/c1-26(2,3)21-13-20(28(4)27-21)23(32)29-14-16-12-19(29)22-24(33)31(25(34)30(16)22)18-11-7-9-15-8-5-6-10-17(15)18/h5-11,13,16,19,22H,12,14H2,1-4H3/t16-,19?,22-/m1/s1. The molecule has 2 aromatic carbocycles. The van der Waals surface area contributed by atoms with Crippen LogP contribution in [0.2, 0.25) is 0 Å². The molecule has 3 aliphatic heterocycles. The van der Waals surface area contributed by atoms with E-state index >= 15 is 0 Å². The predicted molar refractivity (Wildman–Crippen MR) is 128 cm³/mol. The van der Waals surface area contributed by atoms with Crippen molar-refractivity contribution in [3.05, 3.63) is 59.9 Å². The summed E-state index contributed by atoms with van der Waals surface area (Å²) in [5.74, 6) is -0.395. The smallest absolute Gasteiger partial charge is 0.330 e. The molecule has 1 aromatic heterocycles. The second-order valence-corrected chi connectivity index (χ2v) is 10.5. The molecule has 34 heavy (non-hydrogen) atoms. The average molecular weight is 458 g/mol. The fraction of sp³-hybridized carbons (Fsp3) is 0.385. The van der Waals surface area contributed by atoms with E-state index in [0.717, 1.165) is 16.5 Å². The number of aromatic nitrogens is 2. The topological polar surface area (TPSA) is 78.8 Å². The maximum Gasteiger partial charge on any atom is 0.332 e. The van der Waals surface area contributed by atoms with Gasteiger partial charge in [0.2, 0.25) is 0 Å². The molecule has 4 heterocycles. The van der Waals surface area contributed by atoms with Crippen LogP contribution in [0.5, 0.6) is 0 Å². The van der Waals surface area contributed by atoms with Gasteiger partial charge in [0, 0.05) is 24.4 Å². The quantitative estimate of drug-likeness (QED) is 0.553. The summed E-state index contributed by atoms with van der Waals surface area (Å²) in [6, 6.07) is 13.8. The van der Waals surface area contributed by atoms with Gasteiger partial charge < -0.3 is 9.80 Å². The Morgan fingerprint density at radius 3 is 2.53 bits per heavy atom. The zero-order chi connectivity index (χ0) is 23.9. The highest BCUT2D eigenvalue weighted by Crippen LogP contribution is 2.44. The molecule has 0 aliphatic carbocycles. The van der Waals surface area contributed by atoms with Crippen molar-refractivity contribution in [1.29, 1.82) is 0 Å². The fourth-order valence-electron chi connectivity index (χ4n) is 5.70. The van der Waals surface area contributed by atoms with E-state index in [9.17, 15) is 14.4 Å². The summed E-state index contributed by atoms with van der Waals surface area (Å²) in [4.78, 5) is 45.4. The number of benzene rings is 2. The first-order chi connectivity index (χ1) is 16.2. The SMILES string of the molecule is Cn1nc(C(C)(C)C)cc1C(=O)N1C[C@H]2CC1[C@@H]1C(=O)N(c3cccc4ccccc34)C(=O)N21. The van der Waals surface area contributed by atoms with Crippen LogP contribution in [0.1, 0.15) is 43.4 Å². The van der Waals surface area contributed by atoms with Crippen LogP contribution >= 0.6 is 0 Å². The summed E-state index contributed by atoms with van der Waals surface area (Å²) in [7, 11) is 1.77. The molecular formula is C26H27N5O3. The van der Waals surface area contributed by atoms with Gasteiger partial charge in [-0.05, 0) is 23.9 Å². The zero-order valence-corrected chi connectivity index (χ0v) is 19.7. The van der Waals surface area contributed by atoms with Gasteiger partial charge in [-0.1, -0.05) is 57.2 Å². The van der Waals surface area contributed by atoms with Gasteiger partial charge in [0.1, 0.15) is 11.7 Å². The largest absolute Gasteiger partial charge is 0.332 e. The molecule has 8 nitrogen and oxygen atoms in total. The number of anilines is 1. The molecule has 0 spiro atoms. The van der Waals surface area contributed by atoms with Gasteiger partial charge in [0.15, 0.2) is 0 Å². The highest BCUT2D eigenvalue weighted by atomic mass is 16.2. The number of amides is 4. The number of carbonyl (C=O) groups is 3. The molecule has 6 rings (SSSR count). The van der Waals surface area contributed by atoms with Crippen LogP contribution in [0.4, 0.5) is 10.5 Å². The van der Waals surface area contributed by atoms with Gasteiger partial charge in [0.25, 0.3) is 11.8 Å². The molecule has 2 bridgehead atoms. The number of urea groups is 1. The lowest BCUT2D eigenvalue weighted by molar-refractivity contribution is -0.121. The fourth-order valence-corrected chi connectivity index (χ4v) is 5.70. The Bertz CT molecular complexity index is 1370. The number of likely N-dealkylation sites (tertiary alicyclic amines) is 1. The first-order valence-corrected chi connectivity index (χ1v) is 11.7. The lowest BCUT2D eigenvalue weighted by Crippen LogP contribution is -2.55. The molecular weight excluding hydrogens is 430 g/mol. The van der Waals surface area contributed by atoms with Crippen LogP contribution in [0, 0.1) is 0 Å². The Hall–Kier alpha value is -3.68. The van der Waals surface area contributed by atoms with Gasteiger partial charge in [-0.3, -0.25) is 14.3 Å². The molecule has 3 aliphatic rings. The van der Waals surface area contributed by atoms with Crippen molar-refractivity contribution in [3.8, 4) is 0 Å². The first kappa shape index (κ1) is 20.9. The van der Waals surface area contributed by atoms with Crippen LogP contribution in [0.15, 0.2) is 48.5 Å². The van der Waals surface area contributed by atoms with E-state index in [4.69, 9.17) is 0 Å². The Balaban J connectivity index is 1.33. The molecule has 3 saturated heterocycles. The maximum absolute atomic E-state index is 13.6. The molecule has 0 saturated carbocycles. The van der Waals surface area contributed by atoms with Crippen molar-refractivity contribution in [2.24, 2.45) is 7.05 Å². The number of hydrogen-bond acceptors (Lipinski definition) is 4. The Kier molecular flexibility index (Phi) is 4.25. The molecule has 4 amide bonds. The molecule has 8 heteroatoms. The van der Waals surface area contributed by atoms with E-state index in [1.165, 1.54) is 4.90 Å². The van der Waals surface area contributed by atoms with Crippen molar-refractivity contribution >= 4 is 34.3 Å². The van der Waals surface area contributed by atoms with Gasteiger partial charge in [-0.15, -0.1) is 0 Å². The number of nitrogens with zero attached hydrogens (tertiary/aromatic N) is 5. The normalized spacial score (nSPS) is 24.0. The number of hydrogen-bond donors (Lipinski definition) is 0. The van der Waals surface area contributed by atoms with E-state index < -0.39 is 6.04 Å².